The number of aromatic nitrogens is 2. The Bertz CT molecular complexity index is 675. The highest BCUT2D eigenvalue weighted by Crippen LogP contribution is 2.33. The SMILES string of the molecule is COC(=O)c1[nH]nc(-c2cccc(C)c2)c1N1CCOCC1. The van der Waals surface area contributed by atoms with Crippen molar-refractivity contribution in [2.45, 2.75) is 6.92 Å². The van der Waals surface area contributed by atoms with Gasteiger partial charge in [0.1, 0.15) is 5.69 Å². The van der Waals surface area contributed by atoms with Crippen molar-refractivity contribution in [3.8, 4) is 11.3 Å². The van der Waals surface area contributed by atoms with Crippen LogP contribution < -0.4 is 4.90 Å². The van der Waals surface area contributed by atoms with Gasteiger partial charge in [0.2, 0.25) is 0 Å². The Morgan fingerprint density at radius 3 is 2.82 bits per heavy atom. The van der Waals surface area contributed by atoms with Gasteiger partial charge in [-0.1, -0.05) is 23.8 Å². The lowest BCUT2D eigenvalue weighted by molar-refractivity contribution is 0.0593. The van der Waals surface area contributed by atoms with E-state index in [0.717, 1.165) is 35.6 Å². The number of ether oxygens (including phenoxy) is 2. The number of carbonyl (C=O) groups is 1. The van der Waals surface area contributed by atoms with Crippen LogP contribution in [-0.4, -0.2) is 49.6 Å². The molecular weight excluding hydrogens is 282 g/mol. The van der Waals surface area contributed by atoms with Crippen LogP contribution in [0.2, 0.25) is 0 Å². The summed E-state index contributed by atoms with van der Waals surface area (Å²) in [5, 5.41) is 7.20. The number of hydrogen-bond acceptors (Lipinski definition) is 5. The number of anilines is 1. The molecule has 6 heteroatoms. The molecule has 116 valence electrons. The van der Waals surface area contributed by atoms with Gasteiger partial charge in [-0.2, -0.15) is 5.10 Å². The number of hydrogen-bond donors (Lipinski definition) is 1. The van der Waals surface area contributed by atoms with Gasteiger partial charge in [0, 0.05) is 18.7 Å². The number of aromatic amines is 1. The second-order valence-corrected chi connectivity index (χ2v) is 5.26. The van der Waals surface area contributed by atoms with Gasteiger partial charge in [0.15, 0.2) is 5.69 Å². The minimum absolute atomic E-state index is 0.390. The molecule has 0 bridgehead atoms. The molecule has 0 unspecified atom stereocenters. The molecule has 0 atom stereocenters. The van der Waals surface area contributed by atoms with E-state index in [1.54, 1.807) is 0 Å². The molecule has 1 aromatic carbocycles. The zero-order valence-electron chi connectivity index (χ0n) is 12.8. The lowest BCUT2D eigenvalue weighted by atomic mass is 10.1. The van der Waals surface area contributed by atoms with Gasteiger partial charge in [-0.3, -0.25) is 5.10 Å². The number of nitrogens with zero attached hydrogens (tertiary/aromatic N) is 2. The second kappa shape index (κ2) is 6.19. The van der Waals surface area contributed by atoms with Crippen molar-refractivity contribution in [1.29, 1.82) is 0 Å². The molecule has 0 saturated carbocycles. The Labute approximate surface area is 129 Å². The van der Waals surface area contributed by atoms with E-state index >= 15 is 0 Å². The molecule has 0 aliphatic carbocycles. The third-order valence-corrected chi connectivity index (χ3v) is 3.75. The van der Waals surface area contributed by atoms with Crippen molar-refractivity contribution >= 4 is 11.7 Å². The Balaban J connectivity index is 2.09. The number of methoxy groups -OCH3 is 1. The average Bonchev–Trinajstić information content (AvgIpc) is 3.00. The fourth-order valence-corrected chi connectivity index (χ4v) is 2.67. The summed E-state index contributed by atoms with van der Waals surface area (Å²) < 4.78 is 10.3. The van der Waals surface area contributed by atoms with E-state index in [-0.39, 0.29) is 0 Å². The molecule has 0 radical (unpaired) electrons. The monoisotopic (exact) mass is 301 g/mol. The Kier molecular flexibility index (Phi) is 4.11. The number of H-pyrrole nitrogens is 1. The molecule has 2 aromatic rings. The summed E-state index contributed by atoms with van der Waals surface area (Å²) in [6.07, 6.45) is 0. The van der Waals surface area contributed by atoms with Crippen molar-refractivity contribution < 1.29 is 14.3 Å². The van der Waals surface area contributed by atoms with Crippen LogP contribution in [0.1, 0.15) is 16.1 Å². The minimum Gasteiger partial charge on any atom is -0.464 e. The molecule has 2 heterocycles. The van der Waals surface area contributed by atoms with Crippen LogP contribution in [-0.2, 0) is 9.47 Å². The molecule has 0 spiro atoms. The first-order valence-corrected chi connectivity index (χ1v) is 7.27. The molecule has 1 aliphatic rings. The summed E-state index contributed by atoms with van der Waals surface area (Å²) >= 11 is 0. The molecule has 6 nitrogen and oxygen atoms in total. The maximum atomic E-state index is 12.0. The lowest BCUT2D eigenvalue weighted by Gasteiger charge is -2.29. The topological polar surface area (TPSA) is 67.5 Å². The molecule has 22 heavy (non-hydrogen) atoms. The van der Waals surface area contributed by atoms with Crippen molar-refractivity contribution in [2.24, 2.45) is 0 Å². The number of benzene rings is 1. The molecule has 0 amide bonds. The van der Waals surface area contributed by atoms with Crippen LogP contribution in [0.4, 0.5) is 5.69 Å². The normalized spacial score (nSPS) is 14.9. The fraction of sp³-hybridized carbons (Fsp3) is 0.375. The summed E-state index contributed by atoms with van der Waals surface area (Å²) in [4.78, 5) is 14.2. The van der Waals surface area contributed by atoms with Crippen molar-refractivity contribution in [2.75, 3.05) is 38.3 Å². The predicted molar refractivity (Wildman–Crippen MR) is 83.1 cm³/mol. The summed E-state index contributed by atoms with van der Waals surface area (Å²) in [5.74, 6) is -0.409. The molecular formula is C16H19N3O3. The van der Waals surface area contributed by atoms with E-state index in [4.69, 9.17) is 9.47 Å². The molecule has 3 rings (SSSR count). The minimum atomic E-state index is -0.409. The summed E-state index contributed by atoms with van der Waals surface area (Å²) in [5.41, 5.74) is 4.08. The first-order valence-electron chi connectivity index (χ1n) is 7.27. The van der Waals surface area contributed by atoms with Crippen molar-refractivity contribution in [3.05, 3.63) is 35.5 Å². The number of rotatable bonds is 3. The maximum Gasteiger partial charge on any atom is 0.358 e. The third-order valence-electron chi connectivity index (χ3n) is 3.75. The Morgan fingerprint density at radius 1 is 1.36 bits per heavy atom. The lowest BCUT2D eigenvalue weighted by Crippen LogP contribution is -2.37. The van der Waals surface area contributed by atoms with E-state index in [9.17, 15) is 4.79 Å². The van der Waals surface area contributed by atoms with E-state index in [2.05, 4.69) is 21.2 Å². The fourth-order valence-electron chi connectivity index (χ4n) is 2.67. The summed E-state index contributed by atoms with van der Waals surface area (Å²) in [6, 6.07) is 8.07. The molecule has 1 N–H and O–H groups in total. The Morgan fingerprint density at radius 2 is 2.14 bits per heavy atom. The highest BCUT2D eigenvalue weighted by molar-refractivity contribution is 5.98. The number of aryl methyl sites for hydroxylation is 1. The van der Waals surface area contributed by atoms with E-state index in [1.807, 2.05) is 25.1 Å². The van der Waals surface area contributed by atoms with Crippen LogP contribution in [0.15, 0.2) is 24.3 Å². The Hall–Kier alpha value is -2.34. The number of esters is 1. The van der Waals surface area contributed by atoms with Gasteiger partial charge < -0.3 is 14.4 Å². The van der Waals surface area contributed by atoms with E-state index in [0.29, 0.717) is 18.9 Å². The number of carbonyl (C=O) groups excluding carboxylic acids is 1. The zero-order valence-corrected chi connectivity index (χ0v) is 12.8. The first kappa shape index (κ1) is 14.6. The second-order valence-electron chi connectivity index (χ2n) is 5.26. The number of nitrogens with one attached hydrogen (secondary N) is 1. The standard InChI is InChI=1S/C16H19N3O3/c1-11-4-3-5-12(10-11)13-15(19-6-8-22-9-7-19)14(18-17-13)16(20)21-2/h3-5,10H,6-9H2,1-2H3,(H,17,18). The summed E-state index contributed by atoms with van der Waals surface area (Å²) in [6.45, 7) is 4.76. The van der Waals surface area contributed by atoms with Crippen LogP contribution >= 0.6 is 0 Å². The molecule has 1 aromatic heterocycles. The first-order chi connectivity index (χ1) is 10.7. The van der Waals surface area contributed by atoms with Crippen LogP contribution in [0, 0.1) is 6.92 Å². The highest BCUT2D eigenvalue weighted by atomic mass is 16.5. The van der Waals surface area contributed by atoms with Gasteiger partial charge in [0.05, 0.1) is 26.0 Å². The van der Waals surface area contributed by atoms with Gasteiger partial charge >= 0.3 is 5.97 Å². The van der Waals surface area contributed by atoms with Gasteiger partial charge in [-0.05, 0) is 13.0 Å². The molecule has 1 saturated heterocycles. The van der Waals surface area contributed by atoms with Crippen molar-refractivity contribution in [1.82, 2.24) is 10.2 Å². The largest absolute Gasteiger partial charge is 0.464 e. The quantitative estimate of drug-likeness (QED) is 0.878. The van der Waals surface area contributed by atoms with Gasteiger partial charge in [-0.25, -0.2) is 4.79 Å². The summed E-state index contributed by atoms with van der Waals surface area (Å²) in [7, 11) is 1.37. The van der Waals surface area contributed by atoms with E-state index in [1.165, 1.54) is 7.11 Å². The maximum absolute atomic E-state index is 12.0. The molecule has 1 aliphatic heterocycles. The van der Waals surface area contributed by atoms with Crippen LogP contribution in [0.25, 0.3) is 11.3 Å². The third kappa shape index (κ3) is 2.69. The van der Waals surface area contributed by atoms with Gasteiger partial charge in [0.25, 0.3) is 0 Å². The zero-order chi connectivity index (χ0) is 15.5. The predicted octanol–water partition coefficient (Wildman–Crippen LogP) is 2.01. The van der Waals surface area contributed by atoms with Crippen LogP contribution in [0.5, 0.6) is 0 Å². The van der Waals surface area contributed by atoms with E-state index < -0.39 is 5.97 Å². The van der Waals surface area contributed by atoms with Crippen molar-refractivity contribution in [3.63, 3.8) is 0 Å². The molecule has 1 fully saturated rings. The van der Waals surface area contributed by atoms with Crippen LogP contribution in [0.3, 0.4) is 0 Å². The van der Waals surface area contributed by atoms with Gasteiger partial charge in [-0.15, -0.1) is 0 Å². The highest BCUT2D eigenvalue weighted by Gasteiger charge is 2.26. The smallest absolute Gasteiger partial charge is 0.358 e. The average molecular weight is 301 g/mol. The number of morpholine rings is 1.